The van der Waals surface area contributed by atoms with Crippen molar-refractivity contribution in [3.05, 3.63) is 0 Å². The summed E-state index contributed by atoms with van der Waals surface area (Å²) in [5.74, 6) is -1.09. The van der Waals surface area contributed by atoms with Crippen molar-refractivity contribution in [3.8, 4) is 0 Å². The van der Waals surface area contributed by atoms with Crippen LogP contribution in [0.25, 0.3) is 0 Å². The van der Waals surface area contributed by atoms with Gasteiger partial charge in [0.15, 0.2) is 0 Å². The van der Waals surface area contributed by atoms with Crippen molar-refractivity contribution in [2.75, 3.05) is 33.2 Å². The molecule has 0 bridgehead atoms. The number of likely N-dealkylation sites (N-methyl/N-ethyl adjacent to an activating group) is 1. The van der Waals surface area contributed by atoms with Gasteiger partial charge in [0.25, 0.3) is 0 Å². The Kier molecular flexibility index (Phi) is 5.13. The van der Waals surface area contributed by atoms with E-state index in [1.165, 1.54) is 11.9 Å². The number of aliphatic carboxylic acids is 1. The minimum Gasteiger partial charge on any atom is -0.480 e. The number of nitrogens with zero attached hydrogens (tertiary/aromatic N) is 3. The zero-order valence-corrected chi connectivity index (χ0v) is 14.2. The molecule has 2 aliphatic heterocycles. The van der Waals surface area contributed by atoms with E-state index >= 15 is 0 Å². The summed E-state index contributed by atoms with van der Waals surface area (Å²) in [6.07, 6.45) is 0. The second-order valence-corrected chi connectivity index (χ2v) is 6.71. The van der Waals surface area contributed by atoms with Crippen LogP contribution in [0.4, 0.5) is 4.79 Å². The van der Waals surface area contributed by atoms with Gasteiger partial charge in [0.1, 0.15) is 6.04 Å². The Morgan fingerprint density at radius 3 is 2.30 bits per heavy atom. The predicted octanol–water partition coefficient (Wildman–Crippen LogP) is -0.348. The first-order valence-electron chi connectivity index (χ1n) is 8.02. The molecule has 0 aromatic heterocycles. The summed E-state index contributed by atoms with van der Waals surface area (Å²) in [7, 11) is 1.53. The number of piperazine rings is 1. The summed E-state index contributed by atoms with van der Waals surface area (Å²) in [5, 5.41) is 12.3. The van der Waals surface area contributed by atoms with E-state index in [1.54, 1.807) is 23.6 Å². The fraction of sp³-hybridized carbons (Fsp3) is 0.800. The molecule has 2 N–H and O–H groups in total. The molecule has 0 aromatic rings. The maximum Gasteiger partial charge on any atom is 0.326 e. The molecule has 8 nitrogen and oxygen atoms in total. The van der Waals surface area contributed by atoms with Crippen LogP contribution in [-0.2, 0) is 9.59 Å². The predicted molar refractivity (Wildman–Crippen MR) is 84.0 cm³/mol. The van der Waals surface area contributed by atoms with Crippen LogP contribution >= 0.6 is 0 Å². The Bertz CT molecular complexity index is 492. The molecule has 0 aliphatic carbocycles. The lowest BCUT2D eigenvalue weighted by Gasteiger charge is -2.42. The highest BCUT2D eigenvalue weighted by Crippen LogP contribution is 2.17. The number of rotatable bonds is 4. The lowest BCUT2D eigenvalue weighted by atomic mass is 10.0. The third-order valence-corrected chi connectivity index (χ3v) is 4.49. The highest BCUT2D eigenvalue weighted by molar-refractivity contribution is 5.86. The van der Waals surface area contributed by atoms with Gasteiger partial charge in [0.05, 0.1) is 6.04 Å². The second kappa shape index (κ2) is 6.74. The molecule has 130 valence electrons. The standard InChI is InChI=1S/C15H26N4O4/c1-9(2)12(14(21)22)17(4)15(23)18-5-6-19(10(3)8-18)13(20)11-7-16-11/h9-12,16H,5-8H2,1-4H3,(H,21,22)/t10-,11+,12+/m1/s1. The van der Waals surface area contributed by atoms with Gasteiger partial charge in [-0.25, -0.2) is 9.59 Å². The number of carboxylic acids is 1. The summed E-state index contributed by atoms with van der Waals surface area (Å²) < 4.78 is 0. The maximum atomic E-state index is 12.6. The van der Waals surface area contributed by atoms with Crippen molar-refractivity contribution in [2.24, 2.45) is 5.92 Å². The van der Waals surface area contributed by atoms with Gasteiger partial charge in [-0.1, -0.05) is 13.8 Å². The molecule has 0 radical (unpaired) electrons. The molecule has 0 aromatic carbocycles. The van der Waals surface area contributed by atoms with Crippen LogP contribution in [-0.4, -0.2) is 89.1 Å². The maximum absolute atomic E-state index is 12.6. The van der Waals surface area contributed by atoms with Crippen molar-refractivity contribution in [3.63, 3.8) is 0 Å². The van der Waals surface area contributed by atoms with Gasteiger partial charge in [0, 0.05) is 39.3 Å². The first-order valence-corrected chi connectivity index (χ1v) is 8.02. The molecule has 8 heteroatoms. The first-order chi connectivity index (χ1) is 10.7. The first kappa shape index (κ1) is 17.5. The third kappa shape index (κ3) is 3.74. The Morgan fingerprint density at radius 2 is 1.87 bits per heavy atom. The summed E-state index contributed by atoms with van der Waals surface area (Å²) in [6, 6.07) is -1.29. The van der Waals surface area contributed by atoms with Crippen molar-refractivity contribution in [1.29, 1.82) is 0 Å². The average molecular weight is 326 g/mol. The van der Waals surface area contributed by atoms with Crippen molar-refractivity contribution >= 4 is 17.9 Å². The molecular weight excluding hydrogens is 300 g/mol. The van der Waals surface area contributed by atoms with Crippen molar-refractivity contribution in [2.45, 2.75) is 38.9 Å². The highest BCUT2D eigenvalue weighted by atomic mass is 16.4. The van der Waals surface area contributed by atoms with Crippen LogP contribution in [0.5, 0.6) is 0 Å². The number of carboxylic acid groups (broad SMARTS) is 1. The minimum absolute atomic E-state index is 0.0697. The number of nitrogens with one attached hydrogen (secondary N) is 1. The molecule has 2 rings (SSSR count). The molecular formula is C15H26N4O4. The van der Waals surface area contributed by atoms with Crippen LogP contribution < -0.4 is 5.32 Å². The Labute approximate surface area is 136 Å². The Balaban J connectivity index is 1.98. The van der Waals surface area contributed by atoms with Gasteiger partial charge in [-0.15, -0.1) is 0 Å². The smallest absolute Gasteiger partial charge is 0.326 e. The molecule has 3 atom stereocenters. The molecule has 2 fully saturated rings. The van der Waals surface area contributed by atoms with E-state index in [9.17, 15) is 19.5 Å². The van der Waals surface area contributed by atoms with Crippen molar-refractivity contribution < 1.29 is 19.5 Å². The monoisotopic (exact) mass is 326 g/mol. The van der Waals surface area contributed by atoms with E-state index in [0.29, 0.717) is 19.6 Å². The van der Waals surface area contributed by atoms with E-state index in [-0.39, 0.29) is 29.9 Å². The molecule has 2 aliphatic rings. The molecule has 2 saturated heterocycles. The van der Waals surface area contributed by atoms with E-state index in [2.05, 4.69) is 5.32 Å². The van der Waals surface area contributed by atoms with Crippen LogP contribution in [0.3, 0.4) is 0 Å². The summed E-state index contributed by atoms with van der Waals surface area (Å²) in [6.45, 7) is 7.54. The Morgan fingerprint density at radius 1 is 1.26 bits per heavy atom. The molecule has 3 amide bonds. The van der Waals surface area contributed by atoms with Gasteiger partial charge in [-0.2, -0.15) is 0 Å². The SMILES string of the molecule is CC(C)[C@@H](C(=O)O)N(C)C(=O)N1CCN(C(=O)[C@@H]2CN2)[C@H](C)C1. The minimum atomic E-state index is -1.00. The topological polar surface area (TPSA) is 103 Å². The van der Waals surface area contributed by atoms with Gasteiger partial charge < -0.3 is 25.1 Å². The highest BCUT2D eigenvalue weighted by Gasteiger charge is 2.39. The largest absolute Gasteiger partial charge is 0.480 e. The molecule has 23 heavy (non-hydrogen) atoms. The zero-order valence-electron chi connectivity index (χ0n) is 14.2. The number of hydrogen-bond donors (Lipinski definition) is 2. The fourth-order valence-electron chi connectivity index (χ4n) is 3.13. The lowest BCUT2D eigenvalue weighted by molar-refractivity contribution is -0.143. The van der Waals surface area contributed by atoms with Gasteiger partial charge in [0.2, 0.25) is 5.91 Å². The van der Waals surface area contributed by atoms with E-state index in [4.69, 9.17) is 0 Å². The van der Waals surface area contributed by atoms with Crippen LogP contribution in [0.2, 0.25) is 0 Å². The van der Waals surface area contributed by atoms with E-state index in [0.717, 1.165) is 6.54 Å². The van der Waals surface area contributed by atoms with Gasteiger partial charge in [-0.3, -0.25) is 4.79 Å². The van der Waals surface area contributed by atoms with Crippen molar-refractivity contribution in [1.82, 2.24) is 20.0 Å². The van der Waals surface area contributed by atoms with Crippen LogP contribution in [0.15, 0.2) is 0 Å². The normalized spacial score (nSPS) is 25.3. The summed E-state index contributed by atoms with van der Waals surface area (Å²) >= 11 is 0. The fourth-order valence-corrected chi connectivity index (χ4v) is 3.13. The quantitative estimate of drug-likeness (QED) is 0.688. The van der Waals surface area contributed by atoms with E-state index < -0.39 is 12.0 Å². The Hall–Kier alpha value is -1.83. The lowest BCUT2D eigenvalue weighted by Crippen LogP contribution is -2.60. The third-order valence-electron chi connectivity index (χ3n) is 4.49. The average Bonchev–Trinajstić information content (AvgIpc) is 3.29. The van der Waals surface area contributed by atoms with Crippen LogP contribution in [0.1, 0.15) is 20.8 Å². The molecule has 2 heterocycles. The van der Waals surface area contributed by atoms with Gasteiger partial charge >= 0.3 is 12.0 Å². The molecule has 0 spiro atoms. The molecule has 0 saturated carbocycles. The van der Waals surface area contributed by atoms with Gasteiger partial charge in [-0.05, 0) is 12.8 Å². The van der Waals surface area contributed by atoms with E-state index in [1.807, 2.05) is 6.92 Å². The number of carbonyl (C=O) groups excluding carboxylic acids is 2. The second-order valence-electron chi connectivity index (χ2n) is 6.71. The number of amides is 3. The zero-order chi connectivity index (χ0) is 17.3. The summed E-state index contributed by atoms with van der Waals surface area (Å²) in [4.78, 5) is 40.8. The number of carbonyl (C=O) groups is 3. The summed E-state index contributed by atoms with van der Waals surface area (Å²) in [5.41, 5.74) is 0. The number of hydrogen-bond acceptors (Lipinski definition) is 4. The molecule has 0 unspecified atom stereocenters. The number of urea groups is 1. The van der Waals surface area contributed by atoms with Crippen LogP contribution in [0, 0.1) is 5.92 Å².